The first-order valence-electron chi connectivity index (χ1n) is 10.1. The average molecular weight is 477 g/mol. The summed E-state index contributed by atoms with van der Waals surface area (Å²) in [5, 5.41) is 1.13. The van der Waals surface area contributed by atoms with E-state index in [1.165, 1.54) is 20.3 Å². The third kappa shape index (κ3) is 4.65. The van der Waals surface area contributed by atoms with Crippen molar-refractivity contribution in [1.82, 2.24) is 4.90 Å². The van der Waals surface area contributed by atoms with Gasteiger partial charge in [0.1, 0.15) is 6.54 Å². The normalized spacial score (nSPS) is 14.5. The molecule has 1 saturated heterocycles. The molecule has 0 spiro atoms. The second kappa shape index (κ2) is 9.80. The van der Waals surface area contributed by atoms with E-state index in [2.05, 4.69) is 4.74 Å². The Hall–Kier alpha value is -4.11. The minimum Gasteiger partial charge on any atom is -0.493 e. The van der Waals surface area contributed by atoms with Crippen LogP contribution in [0.5, 0.6) is 11.5 Å². The average Bonchev–Trinajstić information content (AvgIpc) is 3.11. The molecule has 0 radical (unpaired) electrons. The van der Waals surface area contributed by atoms with Gasteiger partial charge in [-0.1, -0.05) is 42.5 Å². The van der Waals surface area contributed by atoms with Gasteiger partial charge < -0.3 is 14.2 Å². The van der Waals surface area contributed by atoms with E-state index in [-0.39, 0.29) is 16.4 Å². The number of hydrogen-bond acceptors (Lipinski definition) is 8. The molecular weight excluding hydrogens is 458 g/mol. The van der Waals surface area contributed by atoms with Crippen molar-refractivity contribution in [2.45, 2.75) is 0 Å². The van der Waals surface area contributed by atoms with Gasteiger partial charge in [-0.3, -0.25) is 19.3 Å². The SMILES string of the molecule is COC(=O)CN1C(=O)S/C(=C\c2ccc(OC(=O)c3cccc4ccccc34)c(OC)c2)C1=O. The highest BCUT2D eigenvalue weighted by molar-refractivity contribution is 8.18. The van der Waals surface area contributed by atoms with Crippen molar-refractivity contribution in [3.05, 3.63) is 76.7 Å². The van der Waals surface area contributed by atoms with Crippen molar-refractivity contribution in [1.29, 1.82) is 0 Å². The number of nitrogens with zero attached hydrogens (tertiary/aromatic N) is 1. The first-order valence-corrected chi connectivity index (χ1v) is 10.9. The highest BCUT2D eigenvalue weighted by Gasteiger charge is 2.36. The lowest BCUT2D eigenvalue weighted by Crippen LogP contribution is -2.34. The number of rotatable bonds is 6. The topological polar surface area (TPSA) is 99.2 Å². The Balaban J connectivity index is 1.56. The predicted octanol–water partition coefficient (Wildman–Crippen LogP) is 4.28. The number of fused-ring (bicyclic) bond motifs is 1. The van der Waals surface area contributed by atoms with E-state index in [1.807, 2.05) is 30.3 Å². The van der Waals surface area contributed by atoms with Crippen LogP contribution in [0.4, 0.5) is 4.79 Å². The summed E-state index contributed by atoms with van der Waals surface area (Å²) in [6.45, 7) is -0.453. The molecule has 0 aromatic heterocycles. The summed E-state index contributed by atoms with van der Waals surface area (Å²) in [7, 11) is 2.61. The highest BCUT2D eigenvalue weighted by atomic mass is 32.2. The van der Waals surface area contributed by atoms with E-state index in [1.54, 1.807) is 30.3 Å². The van der Waals surface area contributed by atoms with Crippen LogP contribution < -0.4 is 9.47 Å². The van der Waals surface area contributed by atoms with E-state index in [4.69, 9.17) is 9.47 Å². The van der Waals surface area contributed by atoms with Gasteiger partial charge in [-0.05, 0) is 52.4 Å². The van der Waals surface area contributed by atoms with E-state index in [9.17, 15) is 19.2 Å². The van der Waals surface area contributed by atoms with E-state index >= 15 is 0 Å². The number of ether oxygens (including phenoxy) is 3. The molecule has 1 fully saturated rings. The quantitative estimate of drug-likeness (QED) is 0.295. The number of thioether (sulfide) groups is 1. The van der Waals surface area contributed by atoms with Crippen LogP contribution in [0.2, 0.25) is 0 Å². The standard InChI is InChI=1S/C25H19NO7S/c1-31-20-12-15(13-21-23(28)26(25(30)34-21)14-22(27)32-2)10-11-19(20)33-24(29)18-9-5-7-16-6-3-4-8-17(16)18/h3-13H,14H2,1-2H3/b21-13-. The molecule has 2 amide bonds. The molecule has 8 nitrogen and oxygen atoms in total. The van der Waals surface area contributed by atoms with Crippen LogP contribution >= 0.6 is 11.8 Å². The summed E-state index contributed by atoms with van der Waals surface area (Å²) >= 11 is 0.720. The fraction of sp³-hybridized carbons (Fsp3) is 0.120. The molecule has 1 aliphatic heterocycles. The minimum atomic E-state index is -0.692. The zero-order valence-corrected chi connectivity index (χ0v) is 19.1. The van der Waals surface area contributed by atoms with Crippen molar-refractivity contribution in [3.63, 3.8) is 0 Å². The predicted molar refractivity (Wildman–Crippen MR) is 127 cm³/mol. The second-order valence-electron chi connectivity index (χ2n) is 7.17. The molecule has 1 heterocycles. The largest absolute Gasteiger partial charge is 0.493 e. The Kier molecular flexibility index (Phi) is 6.65. The van der Waals surface area contributed by atoms with Crippen molar-refractivity contribution in [2.24, 2.45) is 0 Å². The maximum absolute atomic E-state index is 12.9. The number of carbonyl (C=O) groups is 4. The molecule has 34 heavy (non-hydrogen) atoms. The Bertz CT molecular complexity index is 1340. The van der Waals surface area contributed by atoms with Crippen LogP contribution in [-0.4, -0.2) is 48.7 Å². The van der Waals surface area contributed by atoms with Crippen molar-refractivity contribution >= 4 is 51.7 Å². The maximum Gasteiger partial charge on any atom is 0.344 e. The van der Waals surface area contributed by atoms with Gasteiger partial charge in [-0.15, -0.1) is 0 Å². The van der Waals surface area contributed by atoms with Crippen molar-refractivity contribution in [3.8, 4) is 11.5 Å². The second-order valence-corrected chi connectivity index (χ2v) is 8.16. The van der Waals surface area contributed by atoms with E-state index in [0.717, 1.165) is 27.4 Å². The minimum absolute atomic E-state index is 0.149. The molecule has 0 bridgehead atoms. The van der Waals surface area contributed by atoms with Crippen LogP contribution in [0.25, 0.3) is 16.8 Å². The van der Waals surface area contributed by atoms with Gasteiger partial charge in [-0.25, -0.2) is 4.79 Å². The zero-order chi connectivity index (χ0) is 24.2. The highest BCUT2D eigenvalue weighted by Crippen LogP contribution is 2.35. The Morgan fingerprint density at radius 3 is 2.50 bits per heavy atom. The van der Waals surface area contributed by atoms with E-state index in [0.29, 0.717) is 11.1 Å². The third-order valence-corrected chi connectivity index (χ3v) is 5.99. The smallest absolute Gasteiger partial charge is 0.344 e. The van der Waals surface area contributed by atoms with Crippen LogP contribution in [-0.2, 0) is 14.3 Å². The van der Waals surface area contributed by atoms with Gasteiger partial charge in [0.05, 0.1) is 24.7 Å². The maximum atomic E-state index is 12.9. The monoisotopic (exact) mass is 477 g/mol. The Morgan fingerprint density at radius 1 is 0.971 bits per heavy atom. The van der Waals surface area contributed by atoms with Gasteiger partial charge in [0.25, 0.3) is 11.1 Å². The first kappa shape index (κ1) is 23.1. The molecule has 9 heteroatoms. The lowest BCUT2D eigenvalue weighted by atomic mass is 10.0. The summed E-state index contributed by atoms with van der Waals surface area (Å²) in [5.74, 6) is -1.34. The fourth-order valence-corrected chi connectivity index (χ4v) is 4.24. The summed E-state index contributed by atoms with van der Waals surface area (Å²) in [6, 6.07) is 17.6. The lowest BCUT2D eigenvalue weighted by molar-refractivity contribution is -0.143. The molecule has 1 aliphatic rings. The van der Waals surface area contributed by atoms with Gasteiger partial charge in [-0.2, -0.15) is 0 Å². The molecule has 0 N–H and O–H groups in total. The molecule has 0 aliphatic carbocycles. The molecular formula is C25H19NO7S. The third-order valence-electron chi connectivity index (χ3n) is 5.09. The number of methoxy groups -OCH3 is 2. The van der Waals surface area contributed by atoms with Gasteiger partial charge in [0, 0.05) is 0 Å². The van der Waals surface area contributed by atoms with Gasteiger partial charge in [0.2, 0.25) is 0 Å². The molecule has 0 saturated carbocycles. The number of benzene rings is 3. The number of hydrogen-bond donors (Lipinski definition) is 0. The molecule has 0 unspecified atom stereocenters. The molecule has 172 valence electrons. The Labute approximate surface area is 199 Å². The summed E-state index contributed by atoms with van der Waals surface area (Å²) in [4.78, 5) is 49.9. The van der Waals surface area contributed by atoms with Gasteiger partial charge >= 0.3 is 11.9 Å². The fourth-order valence-electron chi connectivity index (χ4n) is 3.40. The van der Waals surface area contributed by atoms with E-state index < -0.39 is 29.6 Å². The number of imide groups is 1. The molecule has 3 aromatic carbocycles. The zero-order valence-electron chi connectivity index (χ0n) is 18.3. The van der Waals surface area contributed by atoms with Crippen LogP contribution in [0.3, 0.4) is 0 Å². The summed E-state index contributed by atoms with van der Waals surface area (Å²) in [6.07, 6.45) is 1.50. The first-order chi connectivity index (χ1) is 16.4. The molecule has 4 rings (SSSR count). The van der Waals surface area contributed by atoms with Crippen LogP contribution in [0, 0.1) is 0 Å². The molecule has 3 aromatic rings. The number of carbonyl (C=O) groups excluding carboxylic acids is 4. The summed E-state index contributed by atoms with van der Waals surface area (Å²) in [5.41, 5.74) is 0.967. The number of esters is 2. The molecule has 0 atom stereocenters. The van der Waals surface area contributed by atoms with Gasteiger partial charge in [0.15, 0.2) is 11.5 Å². The van der Waals surface area contributed by atoms with Crippen LogP contribution in [0.1, 0.15) is 15.9 Å². The van der Waals surface area contributed by atoms with Crippen molar-refractivity contribution in [2.75, 3.05) is 20.8 Å². The Morgan fingerprint density at radius 2 is 1.74 bits per heavy atom. The summed E-state index contributed by atoms with van der Waals surface area (Å²) < 4.78 is 15.5. The van der Waals surface area contributed by atoms with Crippen LogP contribution in [0.15, 0.2) is 65.6 Å². The number of amides is 2. The van der Waals surface area contributed by atoms with Crippen molar-refractivity contribution < 1.29 is 33.4 Å². The lowest BCUT2D eigenvalue weighted by Gasteiger charge is -2.11.